The second-order valence-electron chi connectivity index (χ2n) is 6.38. The maximum atomic E-state index is 4.72. The van der Waals surface area contributed by atoms with E-state index in [9.17, 15) is 0 Å². The van der Waals surface area contributed by atoms with Crippen LogP contribution in [0.5, 0.6) is 0 Å². The van der Waals surface area contributed by atoms with Crippen LogP contribution < -0.4 is 10.6 Å². The van der Waals surface area contributed by atoms with Crippen LogP contribution in [0, 0.1) is 0 Å². The van der Waals surface area contributed by atoms with E-state index in [2.05, 4.69) is 25.6 Å². The van der Waals surface area contributed by atoms with E-state index in [1.165, 1.54) is 0 Å². The molecule has 0 atom stereocenters. The number of hydrogen-bond acceptors (Lipinski definition) is 6. The number of benzene rings is 2. The lowest BCUT2D eigenvalue weighted by Gasteiger charge is -2.11. The topological polar surface area (TPSA) is 80.6 Å². The molecule has 0 radical (unpaired) electrons. The third-order valence-corrected chi connectivity index (χ3v) is 4.38. The molecule has 0 saturated carbocycles. The highest BCUT2D eigenvalue weighted by Gasteiger charge is 2.15. The summed E-state index contributed by atoms with van der Waals surface area (Å²) in [7, 11) is 0. The molecule has 0 aliphatic rings. The van der Waals surface area contributed by atoms with Gasteiger partial charge in [0.15, 0.2) is 17.0 Å². The molecule has 0 unspecified atom stereocenters. The second-order valence-corrected chi connectivity index (χ2v) is 6.38. The van der Waals surface area contributed by atoms with Gasteiger partial charge in [-0.05, 0) is 36.4 Å². The number of hydrogen-bond donors (Lipinski definition) is 2. The predicted octanol–water partition coefficient (Wildman–Crippen LogP) is 4.70. The summed E-state index contributed by atoms with van der Waals surface area (Å²) in [6.07, 6.45) is 5.22. The van der Waals surface area contributed by atoms with E-state index in [4.69, 9.17) is 4.98 Å². The van der Waals surface area contributed by atoms with Gasteiger partial charge < -0.3 is 10.6 Å². The summed E-state index contributed by atoms with van der Waals surface area (Å²) in [4.78, 5) is 18.1. The molecule has 0 amide bonds. The molecular weight excluding hydrogens is 362 g/mol. The zero-order chi connectivity index (χ0) is 19.5. The molecule has 0 spiro atoms. The van der Waals surface area contributed by atoms with Crippen molar-refractivity contribution in [2.45, 2.75) is 0 Å². The van der Waals surface area contributed by atoms with Crippen LogP contribution in [0.3, 0.4) is 0 Å². The zero-order valence-corrected chi connectivity index (χ0v) is 15.4. The highest BCUT2D eigenvalue weighted by Crippen LogP contribution is 2.27. The average Bonchev–Trinajstić information content (AvgIpc) is 3.20. The Morgan fingerprint density at radius 2 is 1.48 bits per heavy atom. The number of aromatic nitrogens is 5. The molecular formula is C22H17N7. The first-order valence-corrected chi connectivity index (χ1v) is 9.16. The van der Waals surface area contributed by atoms with E-state index >= 15 is 0 Å². The van der Waals surface area contributed by atoms with Gasteiger partial charge in [0.2, 0.25) is 5.95 Å². The molecule has 29 heavy (non-hydrogen) atoms. The maximum absolute atomic E-state index is 4.72. The van der Waals surface area contributed by atoms with Crippen LogP contribution in [-0.4, -0.2) is 24.5 Å². The summed E-state index contributed by atoms with van der Waals surface area (Å²) in [6.45, 7) is 0. The first-order chi connectivity index (χ1) is 14.4. The maximum Gasteiger partial charge on any atom is 0.231 e. The molecule has 0 fully saturated rings. The Bertz CT molecular complexity index is 1240. The van der Waals surface area contributed by atoms with Crippen molar-refractivity contribution in [3.05, 3.63) is 91.5 Å². The Labute approximate surface area is 167 Å². The van der Waals surface area contributed by atoms with Gasteiger partial charge in [-0.2, -0.15) is 9.97 Å². The van der Waals surface area contributed by atoms with Crippen molar-refractivity contribution in [3.8, 4) is 5.69 Å². The summed E-state index contributed by atoms with van der Waals surface area (Å²) < 4.78 is 1.95. The smallest absolute Gasteiger partial charge is 0.231 e. The van der Waals surface area contributed by atoms with Gasteiger partial charge in [-0.15, -0.1) is 0 Å². The Morgan fingerprint density at radius 1 is 0.724 bits per heavy atom. The normalized spacial score (nSPS) is 10.8. The first kappa shape index (κ1) is 16.9. The zero-order valence-electron chi connectivity index (χ0n) is 15.4. The molecule has 2 N–H and O–H groups in total. The number of para-hydroxylation sites is 2. The average molecular weight is 379 g/mol. The van der Waals surface area contributed by atoms with Crippen LogP contribution >= 0.6 is 0 Å². The van der Waals surface area contributed by atoms with E-state index in [0.717, 1.165) is 17.1 Å². The van der Waals surface area contributed by atoms with Crippen molar-refractivity contribution >= 4 is 34.3 Å². The molecule has 2 aromatic carbocycles. The molecule has 0 aliphatic heterocycles. The summed E-state index contributed by atoms with van der Waals surface area (Å²) >= 11 is 0. The second kappa shape index (κ2) is 7.40. The molecule has 7 nitrogen and oxygen atoms in total. The molecule has 3 aromatic heterocycles. The van der Waals surface area contributed by atoms with Crippen LogP contribution in [0.25, 0.3) is 16.9 Å². The van der Waals surface area contributed by atoms with Gasteiger partial charge in [0, 0.05) is 17.6 Å². The molecule has 0 bridgehead atoms. The molecule has 7 heteroatoms. The number of fused-ring (bicyclic) bond motifs is 1. The Balaban J connectivity index is 1.64. The van der Waals surface area contributed by atoms with Crippen LogP contribution in [-0.2, 0) is 0 Å². The van der Waals surface area contributed by atoms with E-state index in [0.29, 0.717) is 22.9 Å². The van der Waals surface area contributed by atoms with Gasteiger partial charge >= 0.3 is 0 Å². The van der Waals surface area contributed by atoms with Crippen molar-refractivity contribution in [3.63, 3.8) is 0 Å². The fourth-order valence-corrected chi connectivity index (χ4v) is 3.04. The van der Waals surface area contributed by atoms with Crippen molar-refractivity contribution < 1.29 is 0 Å². The largest absolute Gasteiger partial charge is 0.338 e. The SMILES string of the molecule is c1ccc(Nc2nc(Nc3cccnc3)nc3c2ncn3-c2ccccc2)cc1. The van der Waals surface area contributed by atoms with Crippen LogP contribution in [0.2, 0.25) is 0 Å². The fraction of sp³-hybridized carbons (Fsp3) is 0. The monoisotopic (exact) mass is 379 g/mol. The Hall–Kier alpha value is -4.26. The summed E-state index contributed by atoms with van der Waals surface area (Å²) in [5, 5.41) is 6.58. The Morgan fingerprint density at radius 3 is 2.24 bits per heavy atom. The molecule has 5 rings (SSSR count). The number of pyridine rings is 1. The van der Waals surface area contributed by atoms with E-state index in [1.807, 2.05) is 77.4 Å². The van der Waals surface area contributed by atoms with Gasteiger partial charge in [-0.1, -0.05) is 36.4 Å². The lowest BCUT2D eigenvalue weighted by molar-refractivity contribution is 1.06. The lowest BCUT2D eigenvalue weighted by Crippen LogP contribution is -2.04. The highest BCUT2D eigenvalue weighted by atomic mass is 15.2. The van der Waals surface area contributed by atoms with Gasteiger partial charge in [0.1, 0.15) is 6.33 Å². The molecule has 0 saturated heterocycles. The predicted molar refractivity (Wildman–Crippen MR) is 114 cm³/mol. The quantitative estimate of drug-likeness (QED) is 0.461. The number of imidazole rings is 1. The van der Waals surface area contributed by atoms with Crippen molar-refractivity contribution in [2.24, 2.45) is 0 Å². The van der Waals surface area contributed by atoms with Gasteiger partial charge in [0.05, 0.1) is 11.9 Å². The summed E-state index contributed by atoms with van der Waals surface area (Å²) in [6, 6.07) is 23.6. The lowest BCUT2D eigenvalue weighted by atomic mass is 10.3. The van der Waals surface area contributed by atoms with Gasteiger partial charge in [0.25, 0.3) is 0 Å². The van der Waals surface area contributed by atoms with Crippen LogP contribution in [0.1, 0.15) is 0 Å². The number of nitrogens with one attached hydrogen (secondary N) is 2. The standard InChI is InChI=1S/C22H17N7/c1-3-8-16(9-4-1)25-20-19-21(29(15-24-19)18-11-5-2-6-12-18)28-22(27-20)26-17-10-7-13-23-14-17/h1-15H,(H2,25,26,27,28). The van der Waals surface area contributed by atoms with Crippen LogP contribution in [0.15, 0.2) is 91.5 Å². The van der Waals surface area contributed by atoms with E-state index < -0.39 is 0 Å². The molecule has 0 aliphatic carbocycles. The van der Waals surface area contributed by atoms with Crippen molar-refractivity contribution in [2.75, 3.05) is 10.6 Å². The molecule has 140 valence electrons. The van der Waals surface area contributed by atoms with Crippen molar-refractivity contribution in [1.29, 1.82) is 0 Å². The van der Waals surface area contributed by atoms with E-state index in [-0.39, 0.29) is 0 Å². The number of nitrogens with zero attached hydrogens (tertiary/aromatic N) is 5. The Kier molecular flexibility index (Phi) is 4.31. The number of anilines is 4. The highest BCUT2D eigenvalue weighted by molar-refractivity contribution is 5.87. The first-order valence-electron chi connectivity index (χ1n) is 9.16. The third-order valence-electron chi connectivity index (χ3n) is 4.38. The summed E-state index contributed by atoms with van der Waals surface area (Å²) in [5.41, 5.74) is 4.11. The van der Waals surface area contributed by atoms with Crippen molar-refractivity contribution in [1.82, 2.24) is 24.5 Å². The van der Waals surface area contributed by atoms with Gasteiger partial charge in [-0.3, -0.25) is 9.55 Å². The third kappa shape index (κ3) is 3.49. The minimum atomic E-state index is 0.460. The molecule has 3 heterocycles. The fourth-order valence-electron chi connectivity index (χ4n) is 3.04. The molecule has 5 aromatic rings. The van der Waals surface area contributed by atoms with Crippen LogP contribution in [0.4, 0.5) is 23.1 Å². The summed E-state index contributed by atoms with van der Waals surface area (Å²) in [5.74, 6) is 1.09. The minimum absolute atomic E-state index is 0.460. The van der Waals surface area contributed by atoms with Gasteiger partial charge in [-0.25, -0.2) is 4.98 Å². The number of rotatable bonds is 5. The van der Waals surface area contributed by atoms with E-state index in [1.54, 1.807) is 18.7 Å². The minimum Gasteiger partial charge on any atom is -0.338 e.